The summed E-state index contributed by atoms with van der Waals surface area (Å²) in [5, 5.41) is 0.847. The van der Waals surface area contributed by atoms with E-state index in [1.807, 2.05) is 0 Å². The predicted octanol–water partition coefficient (Wildman–Crippen LogP) is 4.66. The molecule has 0 spiro atoms. The molecule has 0 aromatic heterocycles. The van der Waals surface area contributed by atoms with E-state index in [9.17, 15) is 13.6 Å². The highest BCUT2D eigenvalue weighted by molar-refractivity contribution is 6.16. The first-order valence-electron chi connectivity index (χ1n) is 6.56. The Morgan fingerprint density at radius 2 is 1.52 bits per heavy atom. The van der Waals surface area contributed by atoms with E-state index in [4.69, 9.17) is 0 Å². The second-order valence-corrected chi connectivity index (χ2v) is 4.91. The Bertz CT molecular complexity index is 853. The number of halogens is 2. The molecule has 3 aromatic rings. The first-order chi connectivity index (χ1) is 10.1. The van der Waals surface area contributed by atoms with E-state index in [2.05, 4.69) is 0 Å². The molecule has 0 heterocycles. The van der Waals surface area contributed by atoms with Crippen LogP contribution in [0.2, 0.25) is 0 Å². The van der Waals surface area contributed by atoms with Gasteiger partial charge in [0.2, 0.25) is 0 Å². The average Bonchev–Trinajstić information content (AvgIpc) is 2.50. The number of aryl methyl sites for hydroxylation is 1. The van der Waals surface area contributed by atoms with Gasteiger partial charge in [-0.05, 0) is 36.1 Å². The molecule has 0 fully saturated rings. The molecule has 1 nitrogen and oxygen atoms in total. The fraction of sp³-hybridized carbons (Fsp3) is 0.0556. The molecule has 3 aromatic carbocycles. The summed E-state index contributed by atoms with van der Waals surface area (Å²) in [6.07, 6.45) is 0. The summed E-state index contributed by atoms with van der Waals surface area (Å²) in [6, 6.07) is 14.0. The maximum absolute atomic E-state index is 14.1. The highest BCUT2D eigenvalue weighted by Crippen LogP contribution is 2.25. The van der Waals surface area contributed by atoms with E-state index in [-0.39, 0.29) is 5.56 Å². The minimum absolute atomic E-state index is 0.00626. The molecule has 0 aliphatic rings. The van der Waals surface area contributed by atoms with Crippen molar-refractivity contribution < 1.29 is 13.6 Å². The van der Waals surface area contributed by atoms with Gasteiger partial charge in [-0.1, -0.05) is 36.4 Å². The summed E-state index contributed by atoms with van der Waals surface area (Å²) in [5.41, 5.74) is 0.718. The largest absolute Gasteiger partial charge is 0.288 e. The monoisotopic (exact) mass is 282 g/mol. The van der Waals surface area contributed by atoms with E-state index in [0.29, 0.717) is 21.9 Å². The number of hydrogen-bond acceptors (Lipinski definition) is 1. The minimum Gasteiger partial charge on any atom is -0.288 e. The lowest BCUT2D eigenvalue weighted by Crippen LogP contribution is -2.06. The first-order valence-corrected chi connectivity index (χ1v) is 6.56. The smallest absolute Gasteiger partial charge is 0.196 e. The van der Waals surface area contributed by atoms with Crippen LogP contribution in [0.5, 0.6) is 0 Å². The van der Waals surface area contributed by atoms with Gasteiger partial charge in [0.25, 0.3) is 0 Å². The fourth-order valence-corrected chi connectivity index (χ4v) is 2.43. The Balaban J connectivity index is 2.23. The van der Waals surface area contributed by atoms with Crippen molar-refractivity contribution in [3.05, 3.63) is 82.9 Å². The minimum atomic E-state index is -0.532. The van der Waals surface area contributed by atoms with E-state index < -0.39 is 17.4 Å². The summed E-state index contributed by atoms with van der Waals surface area (Å²) in [7, 11) is 0. The second kappa shape index (κ2) is 5.09. The number of ketones is 1. The van der Waals surface area contributed by atoms with Crippen molar-refractivity contribution in [2.24, 2.45) is 0 Å². The molecule has 0 atom stereocenters. The molecule has 0 saturated carbocycles. The summed E-state index contributed by atoms with van der Waals surface area (Å²) in [4.78, 5) is 12.6. The molecule has 0 bridgehead atoms. The Kier molecular flexibility index (Phi) is 3.26. The molecule has 0 aliphatic heterocycles. The summed E-state index contributed by atoms with van der Waals surface area (Å²) >= 11 is 0. The first kappa shape index (κ1) is 13.4. The van der Waals surface area contributed by atoms with Crippen molar-refractivity contribution in [2.75, 3.05) is 0 Å². The third kappa shape index (κ3) is 2.21. The molecule has 0 aliphatic carbocycles. The zero-order chi connectivity index (χ0) is 15.0. The van der Waals surface area contributed by atoms with Crippen LogP contribution in [-0.2, 0) is 0 Å². The fourth-order valence-electron chi connectivity index (χ4n) is 2.43. The van der Waals surface area contributed by atoms with Crippen LogP contribution < -0.4 is 0 Å². The van der Waals surface area contributed by atoms with Gasteiger partial charge in [0.1, 0.15) is 11.6 Å². The van der Waals surface area contributed by atoms with Crippen LogP contribution in [0.3, 0.4) is 0 Å². The summed E-state index contributed by atoms with van der Waals surface area (Å²) in [6.45, 7) is 1.61. The van der Waals surface area contributed by atoms with Gasteiger partial charge in [-0.15, -0.1) is 0 Å². The van der Waals surface area contributed by atoms with Crippen LogP contribution in [0.15, 0.2) is 54.6 Å². The number of carbonyl (C=O) groups excluding carboxylic acids is 1. The molecule has 0 radical (unpaired) electrons. The number of hydrogen-bond donors (Lipinski definition) is 0. The standard InChI is InChI=1S/C18H12F2O/c1-11-5-4-8-15(17(11)20)18(21)14-9-10-16(19)13-7-3-2-6-12(13)14/h2-10H,1H3. The molecular formula is C18H12F2O. The number of carbonyl (C=O) groups is 1. The van der Waals surface area contributed by atoms with Crippen molar-refractivity contribution in [1.29, 1.82) is 0 Å². The van der Waals surface area contributed by atoms with E-state index in [1.165, 1.54) is 18.2 Å². The summed E-state index contributed by atoms with van der Waals surface area (Å²) in [5.74, 6) is -1.37. The Morgan fingerprint density at radius 1 is 0.810 bits per heavy atom. The molecule has 0 saturated heterocycles. The average molecular weight is 282 g/mol. The Labute approximate surface area is 120 Å². The van der Waals surface area contributed by atoms with Crippen LogP contribution in [0, 0.1) is 18.6 Å². The molecule has 21 heavy (non-hydrogen) atoms. The van der Waals surface area contributed by atoms with Crippen LogP contribution in [0.4, 0.5) is 8.78 Å². The number of fused-ring (bicyclic) bond motifs is 1. The number of benzene rings is 3. The SMILES string of the molecule is Cc1cccc(C(=O)c2ccc(F)c3ccccc23)c1F. The van der Waals surface area contributed by atoms with Crippen molar-refractivity contribution in [3.8, 4) is 0 Å². The lowest BCUT2D eigenvalue weighted by Gasteiger charge is -2.08. The van der Waals surface area contributed by atoms with Crippen molar-refractivity contribution in [2.45, 2.75) is 6.92 Å². The van der Waals surface area contributed by atoms with Gasteiger partial charge in [-0.3, -0.25) is 4.79 Å². The van der Waals surface area contributed by atoms with Crippen LogP contribution in [0.25, 0.3) is 10.8 Å². The quantitative estimate of drug-likeness (QED) is 0.625. The van der Waals surface area contributed by atoms with Gasteiger partial charge in [-0.2, -0.15) is 0 Å². The highest BCUT2D eigenvalue weighted by Gasteiger charge is 2.18. The third-order valence-electron chi connectivity index (χ3n) is 3.55. The van der Waals surface area contributed by atoms with Crippen LogP contribution in [0.1, 0.15) is 21.5 Å². The van der Waals surface area contributed by atoms with Gasteiger partial charge in [0.15, 0.2) is 5.78 Å². The third-order valence-corrected chi connectivity index (χ3v) is 3.55. The molecule has 3 heteroatoms. The molecule has 0 N–H and O–H groups in total. The van der Waals surface area contributed by atoms with Gasteiger partial charge in [0.05, 0.1) is 5.56 Å². The van der Waals surface area contributed by atoms with Gasteiger partial charge >= 0.3 is 0 Å². The maximum atomic E-state index is 14.1. The highest BCUT2D eigenvalue weighted by atomic mass is 19.1. The van der Waals surface area contributed by atoms with Gasteiger partial charge < -0.3 is 0 Å². The van der Waals surface area contributed by atoms with E-state index >= 15 is 0 Å². The molecule has 0 unspecified atom stereocenters. The summed E-state index contributed by atoms with van der Waals surface area (Å²) < 4.78 is 27.9. The lowest BCUT2D eigenvalue weighted by atomic mass is 9.96. The van der Waals surface area contributed by atoms with Crippen LogP contribution in [-0.4, -0.2) is 5.78 Å². The van der Waals surface area contributed by atoms with Gasteiger partial charge in [-0.25, -0.2) is 8.78 Å². The zero-order valence-electron chi connectivity index (χ0n) is 11.4. The Morgan fingerprint density at radius 3 is 2.29 bits per heavy atom. The van der Waals surface area contributed by atoms with Crippen molar-refractivity contribution in [1.82, 2.24) is 0 Å². The van der Waals surface area contributed by atoms with Gasteiger partial charge in [0, 0.05) is 10.9 Å². The topological polar surface area (TPSA) is 17.1 Å². The van der Waals surface area contributed by atoms with Crippen molar-refractivity contribution >= 4 is 16.6 Å². The molecule has 0 amide bonds. The zero-order valence-corrected chi connectivity index (χ0v) is 11.4. The molecule has 104 valence electrons. The van der Waals surface area contributed by atoms with Crippen molar-refractivity contribution in [3.63, 3.8) is 0 Å². The normalized spacial score (nSPS) is 10.8. The molecular weight excluding hydrogens is 270 g/mol. The predicted molar refractivity (Wildman–Crippen MR) is 78.5 cm³/mol. The Hall–Kier alpha value is -2.55. The molecule has 3 rings (SSSR count). The van der Waals surface area contributed by atoms with E-state index in [0.717, 1.165) is 0 Å². The maximum Gasteiger partial charge on any atom is 0.196 e. The second-order valence-electron chi connectivity index (χ2n) is 4.91. The van der Waals surface area contributed by atoms with Crippen LogP contribution >= 0.6 is 0 Å². The lowest BCUT2D eigenvalue weighted by molar-refractivity contribution is 0.103. The van der Waals surface area contributed by atoms with E-state index in [1.54, 1.807) is 43.3 Å². The number of rotatable bonds is 2.